The number of nitrogens with zero attached hydrogens (tertiary/aromatic N) is 2. The molecule has 14 heavy (non-hydrogen) atoms. The molecule has 1 aromatic rings. The molecule has 3 heteroatoms. The van der Waals surface area contributed by atoms with Crippen molar-refractivity contribution in [1.82, 2.24) is 9.78 Å². The second-order valence-corrected chi connectivity index (χ2v) is 3.59. The summed E-state index contributed by atoms with van der Waals surface area (Å²) in [6, 6.07) is 0. The Morgan fingerprint density at radius 2 is 1.93 bits per heavy atom. The van der Waals surface area contributed by atoms with Crippen molar-refractivity contribution in [2.45, 2.75) is 27.7 Å². The predicted octanol–water partition coefficient (Wildman–Crippen LogP) is 2.03. The van der Waals surface area contributed by atoms with Crippen LogP contribution in [0.3, 0.4) is 0 Å². The summed E-state index contributed by atoms with van der Waals surface area (Å²) in [5.41, 5.74) is 3.87. The minimum atomic E-state index is 0.104. The van der Waals surface area contributed by atoms with E-state index in [0.717, 1.165) is 22.5 Å². The van der Waals surface area contributed by atoms with Crippen molar-refractivity contribution in [1.29, 1.82) is 0 Å². The molecule has 0 saturated heterocycles. The Bertz CT molecular complexity index is 400. The molecule has 0 amide bonds. The van der Waals surface area contributed by atoms with Crippen molar-refractivity contribution in [3.05, 3.63) is 22.5 Å². The number of aryl methyl sites for hydroxylation is 2. The highest BCUT2D eigenvalue weighted by Crippen LogP contribution is 2.16. The highest BCUT2D eigenvalue weighted by atomic mass is 16.1. The van der Waals surface area contributed by atoms with E-state index < -0.39 is 0 Å². The largest absolute Gasteiger partial charge is 0.295 e. The van der Waals surface area contributed by atoms with Gasteiger partial charge in [-0.1, -0.05) is 0 Å². The van der Waals surface area contributed by atoms with Crippen LogP contribution in [0.1, 0.15) is 30.8 Å². The molecule has 0 spiro atoms. The molecule has 3 nitrogen and oxygen atoms in total. The molecular weight excluding hydrogens is 176 g/mol. The molecule has 0 aliphatic carbocycles. The van der Waals surface area contributed by atoms with Gasteiger partial charge in [0.25, 0.3) is 0 Å². The van der Waals surface area contributed by atoms with E-state index in [0.29, 0.717) is 0 Å². The third kappa shape index (κ3) is 1.92. The van der Waals surface area contributed by atoms with Crippen LogP contribution in [-0.2, 0) is 11.8 Å². The van der Waals surface area contributed by atoms with E-state index in [1.165, 1.54) is 0 Å². The average Bonchev–Trinajstić information content (AvgIpc) is 2.32. The van der Waals surface area contributed by atoms with E-state index in [-0.39, 0.29) is 5.78 Å². The van der Waals surface area contributed by atoms with Crippen molar-refractivity contribution < 1.29 is 4.79 Å². The number of hydrogen-bond acceptors (Lipinski definition) is 2. The van der Waals surface area contributed by atoms with Crippen LogP contribution in [0.2, 0.25) is 0 Å². The molecule has 0 aromatic carbocycles. The zero-order chi connectivity index (χ0) is 10.9. The van der Waals surface area contributed by atoms with Gasteiger partial charge in [0.05, 0.1) is 5.69 Å². The molecule has 0 bridgehead atoms. The SMILES string of the molecule is CC(=O)C(C)=Cc1c(C)nn(C)c1C. The predicted molar refractivity (Wildman–Crippen MR) is 57.0 cm³/mol. The highest BCUT2D eigenvalue weighted by Gasteiger charge is 2.07. The van der Waals surface area contributed by atoms with Crippen molar-refractivity contribution >= 4 is 11.9 Å². The van der Waals surface area contributed by atoms with Crippen molar-refractivity contribution in [2.24, 2.45) is 7.05 Å². The third-order valence-electron chi connectivity index (χ3n) is 2.48. The Morgan fingerprint density at radius 3 is 2.29 bits per heavy atom. The van der Waals surface area contributed by atoms with E-state index in [2.05, 4.69) is 5.10 Å². The zero-order valence-electron chi connectivity index (χ0n) is 9.38. The number of Topliss-reactive ketones (excluding diaryl/α,β-unsaturated/α-hetero) is 1. The third-order valence-corrected chi connectivity index (χ3v) is 2.48. The maximum atomic E-state index is 11.1. The van der Waals surface area contributed by atoms with Crippen LogP contribution in [0.5, 0.6) is 0 Å². The molecule has 0 aliphatic rings. The molecule has 1 rings (SSSR count). The Balaban J connectivity index is 3.20. The molecule has 76 valence electrons. The number of rotatable bonds is 2. The van der Waals surface area contributed by atoms with Crippen LogP contribution >= 0.6 is 0 Å². The first-order valence-corrected chi connectivity index (χ1v) is 4.63. The molecule has 0 atom stereocenters. The van der Waals surface area contributed by atoms with Gasteiger partial charge in [0.1, 0.15) is 0 Å². The van der Waals surface area contributed by atoms with Crippen molar-refractivity contribution in [3.63, 3.8) is 0 Å². The van der Waals surface area contributed by atoms with E-state index in [1.807, 2.05) is 38.6 Å². The van der Waals surface area contributed by atoms with Gasteiger partial charge in [-0.15, -0.1) is 0 Å². The monoisotopic (exact) mass is 192 g/mol. The molecule has 0 saturated carbocycles. The minimum Gasteiger partial charge on any atom is -0.295 e. The van der Waals surface area contributed by atoms with Gasteiger partial charge in [0.15, 0.2) is 5.78 Å². The topological polar surface area (TPSA) is 34.9 Å². The first-order valence-electron chi connectivity index (χ1n) is 4.63. The van der Waals surface area contributed by atoms with Gasteiger partial charge >= 0.3 is 0 Å². The summed E-state index contributed by atoms with van der Waals surface area (Å²) >= 11 is 0. The minimum absolute atomic E-state index is 0.104. The quantitative estimate of drug-likeness (QED) is 0.672. The van der Waals surface area contributed by atoms with E-state index in [1.54, 1.807) is 6.92 Å². The van der Waals surface area contributed by atoms with Gasteiger partial charge in [-0.25, -0.2) is 0 Å². The number of aromatic nitrogens is 2. The normalized spacial score (nSPS) is 11.9. The lowest BCUT2D eigenvalue weighted by Crippen LogP contribution is -1.94. The van der Waals surface area contributed by atoms with Gasteiger partial charge in [-0.05, 0) is 39.3 Å². The Kier molecular flexibility index (Phi) is 2.89. The maximum Gasteiger partial charge on any atom is 0.155 e. The Morgan fingerprint density at radius 1 is 1.36 bits per heavy atom. The van der Waals surface area contributed by atoms with Crippen molar-refractivity contribution in [3.8, 4) is 0 Å². The van der Waals surface area contributed by atoms with Gasteiger partial charge in [0, 0.05) is 18.3 Å². The summed E-state index contributed by atoms with van der Waals surface area (Å²) in [5, 5.41) is 4.28. The van der Waals surface area contributed by atoms with Crippen LogP contribution in [0.4, 0.5) is 0 Å². The number of carbonyl (C=O) groups is 1. The molecule has 0 unspecified atom stereocenters. The molecule has 1 aromatic heterocycles. The lowest BCUT2D eigenvalue weighted by atomic mass is 10.1. The van der Waals surface area contributed by atoms with Crippen LogP contribution in [0.25, 0.3) is 6.08 Å². The first kappa shape index (κ1) is 10.7. The number of hydrogen-bond donors (Lipinski definition) is 0. The second-order valence-electron chi connectivity index (χ2n) is 3.59. The summed E-state index contributed by atoms with van der Waals surface area (Å²) in [5.74, 6) is 0.104. The van der Waals surface area contributed by atoms with E-state index >= 15 is 0 Å². The first-order chi connectivity index (χ1) is 6.43. The number of ketones is 1. The van der Waals surface area contributed by atoms with Gasteiger partial charge < -0.3 is 0 Å². The summed E-state index contributed by atoms with van der Waals surface area (Å²) < 4.78 is 1.83. The average molecular weight is 192 g/mol. The van der Waals surface area contributed by atoms with Crippen LogP contribution in [0, 0.1) is 13.8 Å². The molecule has 0 radical (unpaired) electrons. The Labute approximate surface area is 84.4 Å². The molecule has 0 aliphatic heterocycles. The summed E-state index contributed by atoms with van der Waals surface area (Å²) in [4.78, 5) is 11.1. The van der Waals surface area contributed by atoms with E-state index in [9.17, 15) is 4.79 Å². The number of allylic oxidation sites excluding steroid dienone is 1. The highest BCUT2D eigenvalue weighted by molar-refractivity contribution is 5.97. The molecule has 0 fully saturated rings. The smallest absolute Gasteiger partial charge is 0.155 e. The lowest BCUT2D eigenvalue weighted by Gasteiger charge is -1.97. The van der Waals surface area contributed by atoms with Crippen LogP contribution < -0.4 is 0 Å². The van der Waals surface area contributed by atoms with Gasteiger partial charge in [-0.2, -0.15) is 5.10 Å². The summed E-state index contributed by atoms with van der Waals surface area (Å²) in [7, 11) is 1.91. The Hall–Kier alpha value is -1.38. The molecular formula is C11H16N2O. The molecule has 0 N–H and O–H groups in total. The van der Waals surface area contributed by atoms with Crippen molar-refractivity contribution in [2.75, 3.05) is 0 Å². The zero-order valence-corrected chi connectivity index (χ0v) is 9.38. The van der Waals surface area contributed by atoms with Gasteiger partial charge in [0.2, 0.25) is 0 Å². The standard InChI is InChI=1S/C11H16N2O/c1-7(10(4)14)6-11-8(2)12-13(5)9(11)3/h6H,1-5H3. The fourth-order valence-electron chi connectivity index (χ4n) is 1.32. The van der Waals surface area contributed by atoms with Crippen LogP contribution in [0.15, 0.2) is 5.57 Å². The molecule has 1 heterocycles. The summed E-state index contributed by atoms with van der Waals surface area (Å²) in [6.45, 7) is 7.35. The lowest BCUT2D eigenvalue weighted by molar-refractivity contribution is -0.113. The second kappa shape index (κ2) is 3.78. The van der Waals surface area contributed by atoms with Crippen LogP contribution in [-0.4, -0.2) is 15.6 Å². The maximum absolute atomic E-state index is 11.1. The fraction of sp³-hybridized carbons (Fsp3) is 0.455. The van der Waals surface area contributed by atoms with E-state index in [4.69, 9.17) is 0 Å². The van der Waals surface area contributed by atoms with Gasteiger partial charge in [-0.3, -0.25) is 9.48 Å². The fourth-order valence-corrected chi connectivity index (χ4v) is 1.32. The summed E-state index contributed by atoms with van der Waals surface area (Å²) in [6.07, 6.45) is 1.90. The number of carbonyl (C=O) groups excluding carboxylic acids is 1.